The molecule has 0 aliphatic carbocycles. The second kappa shape index (κ2) is 5.14. The van der Waals surface area contributed by atoms with Gasteiger partial charge in [-0.2, -0.15) is 0 Å². The smallest absolute Gasteiger partial charge is 0.283 e. The van der Waals surface area contributed by atoms with E-state index in [2.05, 4.69) is 10.3 Å². The Bertz CT molecular complexity index is 500. The molecular weight excluding hydrogens is 246 g/mol. The predicted octanol–water partition coefficient (Wildman–Crippen LogP) is -0.344. The van der Waals surface area contributed by atoms with Crippen molar-refractivity contribution in [3.63, 3.8) is 0 Å². The van der Waals surface area contributed by atoms with Gasteiger partial charge < -0.3 is 15.2 Å². The molecule has 19 heavy (non-hydrogen) atoms. The van der Waals surface area contributed by atoms with Gasteiger partial charge in [-0.05, 0) is 19.9 Å². The lowest BCUT2D eigenvalue weighted by atomic mass is 9.95. The third-order valence-electron chi connectivity index (χ3n) is 3.14. The molecule has 104 valence electrons. The number of pyridine rings is 1. The van der Waals surface area contributed by atoms with Crippen molar-refractivity contribution in [3.05, 3.63) is 22.9 Å². The summed E-state index contributed by atoms with van der Waals surface area (Å²) < 4.78 is 5.71. The quantitative estimate of drug-likeness (QED) is 0.696. The summed E-state index contributed by atoms with van der Waals surface area (Å²) in [5.41, 5.74) is 8.00. The second-order valence-corrected chi connectivity index (χ2v) is 5.31. The van der Waals surface area contributed by atoms with Gasteiger partial charge in [0.2, 0.25) is 0 Å². The molecule has 1 aromatic rings. The van der Waals surface area contributed by atoms with Gasteiger partial charge in [0.05, 0.1) is 18.8 Å². The molecular formula is C13H20N3O3+. The highest BCUT2D eigenvalue weighted by Gasteiger charge is 2.30. The number of hydrogen-bond donors (Lipinski definition) is 3. The van der Waals surface area contributed by atoms with Crippen molar-refractivity contribution in [1.29, 1.82) is 0 Å². The Labute approximate surface area is 112 Å². The SMILES string of the molecule is CC1(C)Cc2[nH+]c(N)c(C(=O)NCCO)cc2CO1. The van der Waals surface area contributed by atoms with Gasteiger partial charge in [-0.1, -0.05) is 0 Å². The van der Waals surface area contributed by atoms with Gasteiger partial charge in [0.1, 0.15) is 11.3 Å². The van der Waals surface area contributed by atoms with Crippen molar-refractivity contribution in [2.45, 2.75) is 32.5 Å². The average Bonchev–Trinajstić information content (AvgIpc) is 2.34. The predicted molar refractivity (Wildman–Crippen MR) is 69.4 cm³/mol. The van der Waals surface area contributed by atoms with E-state index >= 15 is 0 Å². The molecule has 1 aromatic heterocycles. The highest BCUT2D eigenvalue weighted by Crippen LogP contribution is 2.26. The van der Waals surface area contributed by atoms with Gasteiger partial charge in [-0.15, -0.1) is 0 Å². The zero-order chi connectivity index (χ0) is 14.0. The number of ether oxygens (including phenoxy) is 1. The summed E-state index contributed by atoms with van der Waals surface area (Å²) in [6.45, 7) is 4.60. The summed E-state index contributed by atoms with van der Waals surface area (Å²) >= 11 is 0. The van der Waals surface area contributed by atoms with Crippen LogP contribution in [-0.4, -0.2) is 29.8 Å². The number of nitrogen functional groups attached to an aromatic ring is 1. The second-order valence-electron chi connectivity index (χ2n) is 5.31. The van der Waals surface area contributed by atoms with Crippen molar-refractivity contribution in [3.8, 4) is 0 Å². The molecule has 0 saturated carbocycles. The molecule has 1 amide bonds. The van der Waals surface area contributed by atoms with Crippen LogP contribution in [0.5, 0.6) is 0 Å². The summed E-state index contributed by atoms with van der Waals surface area (Å²) in [5, 5.41) is 11.3. The Balaban J connectivity index is 2.27. The number of carbonyl (C=O) groups excluding carboxylic acids is 1. The maximum atomic E-state index is 11.9. The van der Waals surface area contributed by atoms with Gasteiger partial charge in [0.25, 0.3) is 11.7 Å². The molecule has 0 unspecified atom stereocenters. The van der Waals surface area contributed by atoms with Gasteiger partial charge in [-0.25, -0.2) is 4.98 Å². The van der Waals surface area contributed by atoms with E-state index in [1.165, 1.54) is 0 Å². The lowest BCUT2D eigenvalue weighted by molar-refractivity contribution is -0.380. The third-order valence-corrected chi connectivity index (χ3v) is 3.14. The number of amides is 1. The van der Waals surface area contributed by atoms with Crippen LogP contribution in [-0.2, 0) is 17.8 Å². The number of rotatable bonds is 3. The average molecular weight is 266 g/mol. The van der Waals surface area contributed by atoms with Gasteiger partial charge >= 0.3 is 0 Å². The van der Waals surface area contributed by atoms with Crippen LogP contribution in [0.1, 0.15) is 35.5 Å². The van der Waals surface area contributed by atoms with E-state index in [-0.39, 0.29) is 24.7 Å². The zero-order valence-corrected chi connectivity index (χ0v) is 11.2. The number of aromatic nitrogens is 1. The van der Waals surface area contributed by atoms with Crippen LogP contribution in [0.25, 0.3) is 0 Å². The number of fused-ring (bicyclic) bond motifs is 1. The summed E-state index contributed by atoms with van der Waals surface area (Å²) in [6, 6.07) is 1.75. The fourth-order valence-corrected chi connectivity index (χ4v) is 2.14. The van der Waals surface area contributed by atoms with Crippen LogP contribution in [0.15, 0.2) is 6.07 Å². The number of carbonyl (C=O) groups is 1. The van der Waals surface area contributed by atoms with Crippen molar-refractivity contribution >= 4 is 11.7 Å². The third kappa shape index (κ3) is 3.02. The molecule has 0 atom stereocenters. The van der Waals surface area contributed by atoms with Crippen molar-refractivity contribution in [2.75, 3.05) is 18.9 Å². The Morgan fingerprint density at radius 1 is 1.63 bits per heavy atom. The molecule has 1 aliphatic heterocycles. The largest absolute Gasteiger partial charge is 0.395 e. The lowest BCUT2D eigenvalue weighted by Crippen LogP contribution is -2.38. The molecule has 2 rings (SSSR count). The van der Waals surface area contributed by atoms with Crippen LogP contribution in [0.2, 0.25) is 0 Å². The van der Waals surface area contributed by atoms with Crippen molar-refractivity contribution < 1.29 is 19.6 Å². The van der Waals surface area contributed by atoms with E-state index in [0.29, 0.717) is 18.0 Å². The van der Waals surface area contributed by atoms with E-state index in [4.69, 9.17) is 15.6 Å². The van der Waals surface area contributed by atoms with E-state index in [1.54, 1.807) is 6.07 Å². The van der Waals surface area contributed by atoms with Gasteiger partial charge in [0, 0.05) is 18.5 Å². The summed E-state index contributed by atoms with van der Waals surface area (Å²) in [4.78, 5) is 15.0. The minimum Gasteiger partial charge on any atom is -0.395 e. The molecule has 0 bridgehead atoms. The van der Waals surface area contributed by atoms with Crippen LogP contribution in [0.3, 0.4) is 0 Å². The lowest BCUT2D eigenvalue weighted by Gasteiger charge is -2.30. The number of aromatic amines is 1. The van der Waals surface area contributed by atoms with Crippen molar-refractivity contribution in [2.24, 2.45) is 0 Å². The zero-order valence-electron chi connectivity index (χ0n) is 11.2. The standard InChI is InChI=1S/C13H19N3O3/c1-13(2)6-10-8(7-19-13)5-9(11(14)16-10)12(18)15-3-4-17/h5,17H,3-4,6-7H2,1-2H3,(H2,14,16)(H,15,18)/p+1. The molecule has 6 nitrogen and oxygen atoms in total. The van der Waals surface area contributed by atoms with Crippen LogP contribution in [0, 0.1) is 0 Å². The summed E-state index contributed by atoms with van der Waals surface area (Å²) in [7, 11) is 0. The monoisotopic (exact) mass is 266 g/mol. The Kier molecular flexibility index (Phi) is 3.73. The van der Waals surface area contributed by atoms with Gasteiger partial charge in [0.15, 0.2) is 0 Å². The molecule has 0 saturated heterocycles. The number of aliphatic hydroxyl groups excluding tert-OH is 1. The van der Waals surface area contributed by atoms with Gasteiger partial charge in [-0.3, -0.25) is 10.5 Å². The molecule has 6 heteroatoms. The fraction of sp³-hybridized carbons (Fsp3) is 0.538. The maximum Gasteiger partial charge on any atom is 0.283 e. The number of anilines is 1. The summed E-state index contributed by atoms with van der Waals surface area (Å²) in [6.07, 6.45) is 0.727. The molecule has 5 N–H and O–H groups in total. The van der Waals surface area contributed by atoms with Crippen LogP contribution in [0.4, 0.5) is 5.82 Å². The van der Waals surface area contributed by atoms with Crippen molar-refractivity contribution in [1.82, 2.24) is 5.32 Å². The Morgan fingerprint density at radius 3 is 3.05 bits per heavy atom. The molecule has 1 aliphatic rings. The molecule has 0 radical (unpaired) electrons. The fourth-order valence-electron chi connectivity index (χ4n) is 2.14. The summed E-state index contributed by atoms with van der Waals surface area (Å²) in [5.74, 6) is 0.0438. The first-order valence-corrected chi connectivity index (χ1v) is 6.29. The Hall–Kier alpha value is -1.66. The first-order chi connectivity index (χ1) is 8.93. The number of nitrogens with two attached hydrogens (primary N) is 1. The maximum absolute atomic E-state index is 11.9. The highest BCUT2D eigenvalue weighted by atomic mass is 16.5. The van der Waals surface area contributed by atoms with Crippen LogP contribution < -0.4 is 16.0 Å². The number of nitrogens with one attached hydrogen (secondary N) is 2. The molecule has 2 heterocycles. The minimum absolute atomic E-state index is 0.0996. The van der Waals surface area contributed by atoms with E-state index < -0.39 is 0 Å². The molecule has 0 fully saturated rings. The van der Waals surface area contributed by atoms with E-state index in [9.17, 15) is 4.79 Å². The normalized spacial score (nSPS) is 16.8. The van der Waals surface area contributed by atoms with Crippen LogP contribution >= 0.6 is 0 Å². The Morgan fingerprint density at radius 2 is 2.37 bits per heavy atom. The first-order valence-electron chi connectivity index (χ1n) is 6.29. The molecule has 0 aromatic carbocycles. The topological polar surface area (TPSA) is 98.7 Å². The number of H-pyrrole nitrogens is 1. The number of aliphatic hydroxyl groups is 1. The highest BCUT2D eigenvalue weighted by molar-refractivity contribution is 5.97. The minimum atomic E-state index is -0.296. The number of hydrogen-bond acceptors (Lipinski definition) is 4. The van der Waals surface area contributed by atoms with E-state index in [1.807, 2.05) is 13.8 Å². The first kappa shape index (κ1) is 13.8. The molecule has 0 spiro atoms. The van der Waals surface area contributed by atoms with E-state index in [0.717, 1.165) is 17.7 Å².